The van der Waals surface area contributed by atoms with Crippen molar-refractivity contribution in [2.45, 2.75) is 32.1 Å². The number of carbonyl (C=O) groups is 1. The number of hydrogen-bond donors (Lipinski definition) is 0. The summed E-state index contributed by atoms with van der Waals surface area (Å²) >= 11 is 0. The molecule has 5 nitrogen and oxygen atoms in total. The fourth-order valence-electron chi connectivity index (χ4n) is 3.27. The highest BCUT2D eigenvalue weighted by Gasteiger charge is 2.20. The first kappa shape index (κ1) is 17.0. The third kappa shape index (κ3) is 4.59. The average Bonchev–Trinajstić information content (AvgIpc) is 2.64. The molecule has 128 valence electrons. The Morgan fingerprint density at radius 2 is 2.04 bits per heavy atom. The van der Waals surface area contributed by atoms with E-state index in [2.05, 4.69) is 4.98 Å². The van der Waals surface area contributed by atoms with E-state index in [4.69, 9.17) is 0 Å². The number of benzene rings is 1. The predicted molar refractivity (Wildman–Crippen MR) is 96.2 cm³/mol. The Kier molecular flexibility index (Phi) is 5.33. The Bertz CT molecular complexity index is 790. The number of carbonyl (C=O) groups excluding carboxylic acids is 1. The van der Waals surface area contributed by atoms with Gasteiger partial charge in [-0.15, -0.1) is 0 Å². The van der Waals surface area contributed by atoms with Gasteiger partial charge in [0.1, 0.15) is 0 Å². The van der Waals surface area contributed by atoms with Crippen LogP contribution in [0.2, 0.25) is 0 Å². The molecule has 1 aromatic carbocycles. The zero-order chi connectivity index (χ0) is 17.6. The number of allylic oxidation sites excluding steroid dienone is 1. The van der Waals surface area contributed by atoms with Gasteiger partial charge in [-0.1, -0.05) is 23.8 Å². The fraction of sp³-hybridized carbons (Fsp3) is 0.300. The molecule has 0 saturated heterocycles. The minimum atomic E-state index is -0.372. The van der Waals surface area contributed by atoms with E-state index in [1.54, 1.807) is 30.6 Å². The Balaban J connectivity index is 1.57. The van der Waals surface area contributed by atoms with Crippen molar-refractivity contribution in [2.75, 3.05) is 0 Å². The first-order valence-electron chi connectivity index (χ1n) is 8.49. The molecule has 0 N–H and O–H groups in total. The third-order valence-corrected chi connectivity index (χ3v) is 4.66. The van der Waals surface area contributed by atoms with Crippen LogP contribution in [0.25, 0.3) is 6.08 Å². The van der Waals surface area contributed by atoms with E-state index in [9.17, 15) is 14.9 Å². The second-order valence-corrected chi connectivity index (χ2v) is 6.47. The molecule has 1 aliphatic rings. The maximum Gasteiger partial charge on any atom is 0.270 e. The van der Waals surface area contributed by atoms with Crippen LogP contribution >= 0.6 is 0 Å². The largest absolute Gasteiger partial charge is 0.294 e. The van der Waals surface area contributed by atoms with E-state index in [0.29, 0.717) is 17.9 Å². The number of hydrogen-bond acceptors (Lipinski definition) is 4. The first-order valence-corrected chi connectivity index (χ1v) is 8.49. The maximum absolute atomic E-state index is 12.3. The highest BCUT2D eigenvalue weighted by molar-refractivity contribution is 5.95. The Morgan fingerprint density at radius 1 is 1.24 bits per heavy atom. The van der Waals surface area contributed by atoms with Crippen molar-refractivity contribution in [3.8, 4) is 0 Å². The van der Waals surface area contributed by atoms with E-state index in [-0.39, 0.29) is 16.4 Å². The average molecular weight is 336 g/mol. The number of ketones is 1. The fourth-order valence-corrected chi connectivity index (χ4v) is 3.27. The number of Topliss-reactive ketones (excluding diaryl/α,β-unsaturated/α-hetero) is 1. The smallest absolute Gasteiger partial charge is 0.270 e. The molecule has 1 aliphatic carbocycles. The topological polar surface area (TPSA) is 73.1 Å². The van der Waals surface area contributed by atoms with Gasteiger partial charge in [0.05, 0.1) is 4.92 Å². The molecule has 25 heavy (non-hydrogen) atoms. The number of pyridine rings is 1. The summed E-state index contributed by atoms with van der Waals surface area (Å²) in [4.78, 5) is 26.8. The second kappa shape index (κ2) is 7.83. The van der Waals surface area contributed by atoms with Crippen LogP contribution < -0.4 is 0 Å². The Hall–Kier alpha value is -2.82. The summed E-state index contributed by atoms with van der Waals surface area (Å²) in [6.45, 7) is 0. The van der Waals surface area contributed by atoms with Crippen molar-refractivity contribution in [2.24, 2.45) is 5.92 Å². The molecule has 1 heterocycles. The predicted octanol–water partition coefficient (Wildman–Crippen LogP) is 4.84. The van der Waals surface area contributed by atoms with Crippen molar-refractivity contribution in [1.82, 2.24) is 4.98 Å². The minimum Gasteiger partial charge on any atom is -0.294 e. The summed E-state index contributed by atoms with van der Waals surface area (Å²) in [5, 5.41) is 10.9. The van der Waals surface area contributed by atoms with Crippen molar-refractivity contribution in [3.63, 3.8) is 0 Å². The van der Waals surface area contributed by atoms with Crippen LogP contribution in [-0.4, -0.2) is 15.7 Å². The van der Waals surface area contributed by atoms with Gasteiger partial charge in [0, 0.05) is 36.5 Å². The van der Waals surface area contributed by atoms with E-state index in [1.165, 1.54) is 11.6 Å². The molecule has 1 aromatic heterocycles. The maximum atomic E-state index is 12.3. The third-order valence-electron chi connectivity index (χ3n) is 4.66. The number of non-ortho nitro benzene ring substituents is 1. The van der Waals surface area contributed by atoms with Gasteiger partial charge >= 0.3 is 0 Å². The quantitative estimate of drug-likeness (QED) is 0.445. The van der Waals surface area contributed by atoms with Gasteiger partial charge in [0.25, 0.3) is 5.69 Å². The van der Waals surface area contributed by atoms with Gasteiger partial charge in [-0.05, 0) is 49.3 Å². The molecule has 2 aromatic rings. The van der Waals surface area contributed by atoms with Gasteiger partial charge < -0.3 is 0 Å². The lowest BCUT2D eigenvalue weighted by Crippen LogP contribution is -2.13. The Morgan fingerprint density at radius 3 is 2.72 bits per heavy atom. The van der Waals surface area contributed by atoms with Gasteiger partial charge in [-0.2, -0.15) is 0 Å². The highest BCUT2D eigenvalue weighted by atomic mass is 16.6. The monoisotopic (exact) mass is 336 g/mol. The normalized spacial score (nSPS) is 17.1. The summed E-state index contributed by atoms with van der Waals surface area (Å²) in [5.41, 5.74) is 2.96. The van der Waals surface area contributed by atoms with Crippen molar-refractivity contribution in [1.29, 1.82) is 0 Å². The molecule has 1 fully saturated rings. The molecule has 1 saturated carbocycles. The van der Waals surface area contributed by atoms with E-state index in [1.807, 2.05) is 18.2 Å². The summed E-state index contributed by atoms with van der Waals surface area (Å²) in [5.74, 6) is 0.555. The molecular weight excluding hydrogens is 316 g/mol. The summed E-state index contributed by atoms with van der Waals surface area (Å²) < 4.78 is 0. The summed E-state index contributed by atoms with van der Waals surface area (Å²) in [7, 11) is 0. The first-order chi connectivity index (χ1) is 12.1. The second-order valence-electron chi connectivity index (χ2n) is 6.47. The zero-order valence-electron chi connectivity index (χ0n) is 13.9. The summed E-state index contributed by atoms with van der Waals surface area (Å²) in [6.07, 6.45) is 9.74. The molecule has 0 amide bonds. The van der Waals surface area contributed by atoms with Crippen LogP contribution in [0.3, 0.4) is 0 Å². The number of rotatable bonds is 5. The van der Waals surface area contributed by atoms with E-state index >= 15 is 0 Å². The molecule has 0 atom stereocenters. The Labute approximate surface area is 146 Å². The van der Waals surface area contributed by atoms with Crippen LogP contribution in [-0.2, 0) is 0 Å². The molecule has 5 heteroatoms. The van der Waals surface area contributed by atoms with Gasteiger partial charge in [0.15, 0.2) is 5.78 Å². The van der Waals surface area contributed by atoms with E-state index < -0.39 is 0 Å². The molecule has 0 aliphatic heterocycles. The van der Waals surface area contributed by atoms with Gasteiger partial charge in [-0.25, -0.2) is 0 Å². The lowest BCUT2D eigenvalue weighted by atomic mass is 9.82. The number of nitrogens with zero attached hydrogens (tertiary/aromatic N) is 2. The number of nitro benzene ring substituents is 1. The number of aromatic nitrogens is 1. The van der Waals surface area contributed by atoms with Crippen LogP contribution in [0.4, 0.5) is 5.69 Å². The van der Waals surface area contributed by atoms with Gasteiger partial charge in [-0.3, -0.25) is 19.9 Å². The molecule has 0 radical (unpaired) electrons. The van der Waals surface area contributed by atoms with Crippen LogP contribution in [0.5, 0.6) is 0 Å². The van der Waals surface area contributed by atoms with Crippen molar-refractivity contribution >= 4 is 17.5 Å². The SMILES string of the molecule is O=C(CC1CCC(=Cc2cccc([N+](=O)[O-])c2)CC1)c1cccnc1. The molecule has 0 spiro atoms. The molecule has 3 rings (SSSR count). The number of nitro groups is 1. The van der Waals surface area contributed by atoms with Crippen molar-refractivity contribution in [3.05, 3.63) is 75.6 Å². The molecule has 0 bridgehead atoms. The van der Waals surface area contributed by atoms with Crippen LogP contribution in [0, 0.1) is 16.0 Å². The standard InChI is InChI=1S/C20H20N2O3/c23-20(18-4-2-10-21-14-18)13-16-8-6-15(7-9-16)11-17-3-1-5-19(12-17)22(24)25/h1-5,10-12,14,16H,6-9,13H2. The highest BCUT2D eigenvalue weighted by Crippen LogP contribution is 2.32. The van der Waals surface area contributed by atoms with Crippen LogP contribution in [0.15, 0.2) is 54.4 Å². The lowest BCUT2D eigenvalue weighted by Gasteiger charge is -2.23. The lowest BCUT2D eigenvalue weighted by molar-refractivity contribution is -0.384. The van der Waals surface area contributed by atoms with Crippen LogP contribution in [0.1, 0.15) is 48.0 Å². The zero-order valence-corrected chi connectivity index (χ0v) is 13.9. The van der Waals surface area contributed by atoms with E-state index in [0.717, 1.165) is 31.2 Å². The minimum absolute atomic E-state index is 0.116. The molecular formula is C20H20N2O3. The van der Waals surface area contributed by atoms with Crippen molar-refractivity contribution < 1.29 is 9.72 Å². The van der Waals surface area contributed by atoms with Gasteiger partial charge in [0.2, 0.25) is 0 Å². The summed E-state index contributed by atoms with van der Waals surface area (Å²) in [6, 6.07) is 10.3. The molecule has 0 unspecified atom stereocenters.